The van der Waals surface area contributed by atoms with E-state index in [-0.39, 0.29) is 6.42 Å². The van der Waals surface area contributed by atoms with Crippen LogP contribution < -0.4 is 4.90 Å². The van der Waals surface area contributed by atoms with Crippen LogP contribution in [0.2, 0.25) is 0 Å². The lowest BCUT2D eigenvalue weighted by Gasteiger charge is -2.25. The van der Waals surface area contributed by atoms with Crippen molar-refractivity contribution in [2.24, 2.45) is 0 Å². The van der Waals surface area contributed by atoms with Gasteiger partial charge in [-0.1, -0.05) is 115 Å². The van der Waals surface area contributed by atoms with E-state index in [0.717, 1.165) is 66.4 Å². The first kappa shape index (κ1) is 31.6. The van der Waals surface area contributed by atoms with Crippen molar-refractivity contribution in [3.05, 3.63) is 193 Å². The molecule has 0 spiro atoms. The zero-order valence-corrected chi connectivity index (χ0v) is 28.9. The highest BCUT2D eigenvalue weighted by molar-refractivity contribution is 6.22. The van der Waals surface area contributed by atoms with Gasteiger partial charge >= 0.3 is 0 Å². The first-order valence-corrected chi connectivity index (χ1v) is 17.7. The van der Waals surface area contributed by atoms with E-state index in [2.05, 4.69) is 183 Å². The highest BCUT2D eigenvalue weighted by atomic mass is 15.1. The van der Waals surface area contributed by atoms with Crippen LogP contribution in [-0.4, -0.2) is 9.13 Å². The van der Waals surface area contributed by atoms with Gasteiger partial charge in [0.25, 0.3) is 0 Å². The van der Waals surface area contributed by atoms with E-state index in [1.54, 1.807) is 6.08 Å². The van der Waals surface area contributed by atoms with Crippen LogP contribution in [0.5, 0.6) is 0 Å². The third-order valence-electron chi connectivity index (χ3n) is 10.1. The van der Waals surface area contributed by atoms with Crippen LogP contribution in [0.25, 0.3) is 64.9 Å². The maximum Gasteiger partial charge on any atom is 0.207 e. The van der Waals surface area contributed by atoms with Gasteiger partial charge in [-0.2, -0.15) is 5.26 Å². The Bertz CT molecular complexity index is 2880. The van der Waals surface area contributed by atoms with Crippen molar-refractivity contribution in [2.75, 3.05) is 4.90 Å². The Balaban J connectivity index is 1.33. The predicted molar refractivity (Wildman–Crippen MR) is 220 cm³/mol. The van der Waals surface area contributed by atoms with E-state index in [1.165, 1.54) is 10.8 Å². The summed E-state index contributed by atoms with van der Waals surface area (Å²) in [6.07, 6.45) is 4.05. The lowest BCUT2D eigenvalue weighted by molar-refractivity contribution is 0.895. The number of fused-ring (bicyclic) bond motifs is 8. The number of nitrogens with zero attached hydrogens (tertiary/aromatic N) is 5. The number of para-hydroxylation sites is 4. The quantitative estimate of drug-likeness (QED) is 0.118. The summed E-state index contributed by atoms with van der Waals surface area (Å²) in [5.74, 6) is 0. The van der Waals surface area contributed by atoms with Gasteiger partial charge in [-0.25, -0.2) is 4.85 Å². The fourth-order valence-corrected chi connectivity index (χ4v) is 7.82. The van der Waals surface area contributed by atoms with Crippen molar-refractivity contribution >= 4 is 77.1 Å². The van der Waals surface area contributed by atoms with Crippen molar-refractivity contribution in [2.45, 2.75) is 13.0 Å². The number of aromatic nitrogens is 2. The number of hydrogen-bond donors (Lipinski definition) is 0. The molecule has 2 heterocycles. The third-order valence-corrected chi connectivity index (χ3v) is 10.1. The molecule has 5 nitrogen and oxygen atoms in total. The molecule has 5 heteroatoms. The average molecular weight is 680 g/mol. The smallest absolute Gasteiger partial charge is 0.207 e. The van der Waals surface area contributed by atoms with E-state index >= 15 is 0 Å². The molecule has 9 rings (SSSR count). The van der Waals surface area contributed by atoms with E-state index in [1.807, 2.05) is 12.1 Å². The van der Waals surface area contributed by atoms with E-state index in [4.69, 9.17) is 6.57 Å². The van der Waals surface area contributed by atoms with Gasteiger partial charge in [0.2, 0.25) is 5.70 Å². The van der Waals surface area contributed by atoms with Crippen LogP contribution in [0.4, 0.5) is 17.1 Å². The molecule has 0 saturated heterocycles. The lowest BCUT2D eigenvalue weighted by Crippen LogP contribution is -2.09. The molecule has 0 saturated carbocycles. The summed E-state index contributed by atoms with van der Waals surface area (Å²) in [6, 6.07) is 59.5. The molecule has 2 aromatic heterocycles. The van der Waals surface area contributed by atoms with Gasteiger partial charge in [0.1, 0.15) is 0 Å². The molecule has 0 aliphatic rings. The van der Waals surface area contributed by atoms with Crippen LogP contribution >= 0.6 is 0 Å². The van der Waals surface area contributed by atoms with Gasteiger partial charge in [-0.05, 0) is 71.4 Å². The highest BCUT2D eigenvalue weighted by Gasteiger charge is 2.21. The van der Waals surface area contributed by atoms with Crippen molar-refractivity contribution in [1.82, 2.24) is 9.13 Å². The molecule has 0 N–H and O–H groups in total. The van der Waals surface area contributed by atoms with E-state index < -0.39 is 0 Å². The molecule has 250 valence electrons. The Morgan fingerprint density at radius 3 is 1.81 bits per heavy atom. The fourth-order valence-electron chi connectivity index (χ4n) is 7.82. The number of allylic oxidation sites excluding steroid dienone is 3. The molecule has 0 fully saturated rings. The van der Waals surface area contributed by atoms with Gasteiger partial charge in [0.05, 0.1) is 23.7 Å². The number of nitriles is 1. The normalized spacial score (nSPS) is 12.1. The molecule has 53 heavy (non-hydrogen) atoms. The second-order valence-electron chi connectivity index (χ2n) is 13.0. The Morgan fingerprint density at radius 1 is 0.585 bits per heavy atom. The fraction of sp³-hybridized carbons (Fsp3) is 0.0417. The van der Waals surface area contributed by atoms with Crippen molar-refractivity contribution in [3.63, 3.8) is 0 Å². The minimum Gasteiger partial charge on any atom is -0.337 e. The summed E-state index contributed by atoms with van der Waals surface area (Å²) in [6.45, 7) is 8.93. The average Bonchev–Trinajstić information content (AvgIpc) is 3.72. The van der Waals surface area contributed by atoms with Gasteiger partial charge < -0.3 is 14.0 Å². The molecular weight excluding hydrogens is 647 g/mol. The summed E-state index contributed by atoms with van der Waals surface area (Å²) in [5.41, 5.74) is 8.61. The second-order valence-corrected chi connectivity index (χ2v) is 13.0. The minimum absolute atomic E-state index is 0.137. The molecule has 0 aliphatic carbocycles. The van der Waals surface area contributed by atoms with Gasteiger partial charge in [0.15, 0.2) is 0 Å². The van der Waals surface area contributed by atoms with Crippen LogP contribution in [0.15, 0.2) is 182 Å². The summed E-state index contributed by atoms with van der Waals surface area (Å²) in [4.78, 5) is 6.34. The number of benzene rings is 7. The Hall–Kier alpha value is -7.34. The summed E-state index contributed by atoms with van der Waals surface area (Å²) in [5, 5.41) is 16.5. The minimum atomic E-state index is 0.137. The van der Waals surface area contributed by atoms with Gasteiger partial charge in [0, 0.05) is 68.3 Å². The van der Waals surface area contributed by atoms with Crippen molar-refractivity contribution in [3.8, 4) is 6.07 Å². The molecule has 0 unspecified atom stereocenters. The molecule has 0 radical (unpaired) electrons. The molecule has 9 aromatic rings. The van der Waals surface area contributed by atoms with Crippen molar-refractivity contribution < 1.29 is 0 Å². The monoisotopic (exact) mass is 679 g/mol. The molecule has 0 amide bonds. The summed E-state index contributed by atoms with van der Waals surface area (Å²) >= 11 is 0. The topological polar surface area (TPSA) is 41.2 Å². The summed E-state index contributed by atoms with van der Waals surface area (Å²) < 4.78 is 4.54. The lowest BCUT2D eigenvalue weighted by atomic mass is 10.0. The maximum atomic E-state index is 9.64. The van der Waals surface area contributed by atoms with Crippen LogP contribution in [0, 0.1) is 17.9 Å². The highest BCUT2D eigenvalue weighted by Crippen LogP contribution is 2.43. The molecule has 7 aromatic carbocycles. The number of hydrogen-bond acceptors (Lipinski definition) is 2. The maximum absolute atomic E-state index is 9.64. The predicted octanol–water partition coefficient (Wildman–Crippen LogP) is 12.8. The summed E-state index contributed by atoms with van der Waals surface area (Å²) in [7, 11) is 0. The first-order valence-electron chi connectivity index (χ1n) is 17.7. The van der Waals surface area contributed by atoms with Crippen LogP contribution in [0.3, 0.4) is 0 Å². The van der Waals surface area contributed by atoms with Gasteiger partial charge in [-0.15, -0.1) is 0 Å². The Labute approximate surface area is 307 Å². The van der Waals surface area contributed by atoms with E-state index in [0.29, 0.717) is 12.2 Å². The largest absolute Gasteiger partial charge is 0.337 e. The first-order chi connectivity index (χ1) is 26.2. The second kappa shape index (κ2) is 13.4. The zero-order valence-electron chi connectivity index (χ0n) is 28.9. The molecule has 0 bridgehead atoms. The third kappa shape index (κ3) is 5.40. The number of rotatable bonds is 8. The van der Waals surface area contributed by atoms with Crippen LogP contribution in [0.1, 0.15) is 6.42 Å². The Morgan fingerprint density at radius 2 is 1.17 bits per heavy atom. The molecule has 0 aliphatic heterocycles. The molecule has 0 atom stereocenters. The van der Waals surface area contributed by atoms with E-state index in [9.17, 15) is 5.26 Å². The van der Waals surface area contributed by atoms with Crippen LogP contribution in [-0.2, 0) is 6.54 Å². The SMILES string of the molecule is [C-]#[N+]C(=C/CC#N)/C(=C\Cn1c2ccccc2c2ccccc21)n1c2ccc(N(c3ccccc3)c3ccccc3)cc2c2c3ccccc3ccc21. The standard InChI is InChI=1S/C48H33N5/c1-50-42(23-14-31-49)46(30-32-51-43-24-12-10-21-39(43)40-22-11-13-25-44(40)51)53-45-29-27-37(52(35-16-4-2-5-17-35)36-18-6-3-7-19-36)33-41(45)48-38-20-9-8-15-34(38)26-28-47(48)53/h2-13,15-30,33H,14,32H2/b42-23+,46-30+. The zero-order chi connectivity index (χ0) is 35.7. The van der Waals surface area contributed by atoms with Crippen molar-refractivity contribution in [1.29, 1.82) is 5.26 Å². The Kier molecular flexibility index (Phi) is 8.01. The molecular formula is C48H33N5. The number of anilines is 3. The van der Waals surface area contributed by atoms with Gasteiger partial charge in [-0.3, -0.25) is 0 Å².